The van der Waals surface area contributed by atoms with Crippen LogP contribution in [0.2, 0.25) is 0 Å². The molecule has 0 fully saturated rings. The zero-order chi connectivity index (χ0) is 18.1. The third-order valence-electron chi connectivity index (χ3n) is 3.68. The highest BCUT2D eigenvalue weighted by Gasteiger charge is 2.15. The van der Waals surface area contributed by atoms with E-state index in [0.717, 1.165) is 6.07 Å². The minimum Gasteiger partial charge on any atom is -0.491 e. The first kappa shape index (κ1) is 19.3. The van der Waals surface area contributed by atoms with E-state index in [0.29, 0.717) is 24.5 Å². The van der Waals surface area contributed by atoms with E-state index in [2.05, 4.69) is 0 Å². The van der Waals surface area contributed by atoms with Crippen molar-refractivity contribution in [2.45, 2.75) is 12.6 Å². The van der Waals surface area contributed by atoms with Crippen LogP contribution >= 0.6 is 0 Å². The van der Waals surface area contributed by atoms with Gasteiger partial charge in [0.25, 0.3) is 0 Å². The number of rotatable bonds is 10. The van der Waals surface area contributed by atoms with Gasteiger partial charge >= 0.3 is 0 Å². The van der Waals surface area contributed by atoms with E-state index in [1.165, 1.54) is 12.1 Å². The molecule has 2 aromatic carbocycles. The van der Waals surface area contributed by atoms with Crippen LogP contribution in [0.4, 0.5) is 8.78 Å². The minimum atomic E-state index is -0.749. The number of nitrogens with zero attached hydrogens (tertiary/aromatic N) is 1. The first-order chi connectivity index (χ1) is 12.1. The van der Waals surface area contributed by atoms with E-state index in [1.54, 1.807) is 7.11 Å². The fourth-order valence-corrected chi connectivity index (χ4v) is 2.41. The summed E-state index contributed by atoms with van der Waals surface area (Å²) in [5, 5.41) is 10.2. The highest BCUT2D eigenvalue weighted by molar-refractivity contribution is 5.21. The Balaban J connectivity index is 1.91. The van der Waals surface area contributed by atoms with Crippen molar-refractivity contribution in [3.63, 3.8) is 0 Å². The summed E-state index contributed by atoms with van der Waals surface area (Å²) in [6, 6.07) is 12.7. The van der Waals surface area contributed by atoms with Crippen molar-refractivity contribution >= 4 is 0 Å². The smallest absolute Gasteiger partial charge is 0.130 e. The standard InChI is InChI=1S/C19H23F2NO3/c1-24-10-9-22(12-15-7-8-16(20)11-19(15)21)13-17(23)14-25-18-5-3-2-4-6-18/h2-8,11,17,23H,9-10,12-14H2,1H3. The molecule has 1 unspecified atom stereocenters. The molecule has 0 radical (unpaired) electrons. The Hall–Kier alpha value is -2.02. The summed E-state index contributed by atoms with van der Waals surface area (Å²) in [4.78, 5) is 1.85. The molecule has 0 saturated heterocycles. The summed E-state index contributed by atoms with van der Waals surface area (Å²) in [7, 11) is 1.57. The third kappa shape index (κ3) is 6.78. The number of aliphatic hydroxyl groups is 1. The van der Waals surface area contributed by atoms with Crippen molar-refractivity contribution in [2.75, 3.05) is 33.4 Å². The summed E-state index contributed by atoms with van der Waals surface area (Å²) in [6.45, 7) is 1.61. The van der Waals surface area contributed by atoms with E-state index in [1.807, 2.05) is 35.2 Å². The lowest BCUT2D eigenvalue weighted by molar-refractivity contribution is 0.0538. The van der Waals surface area contributed by atoms with Crippen molar-refractivity contribution < 1.29 is 23.4 Å². The lowest BCUT2D eigenvalue weighted by atomic mass is 10.2. The van der Waals surface area contributed by atoms with Gasteiger partial charge in [-0.3, -0.25) is 4.90 Å². The van der Waals surface area contributed by atoms with E-state index in [4.69, 9.17) is 9.47 Å². The summed E-state index contributed by atoms with van der Waals surface area (Å²) in [6.07, 6.45) is -0.749. The predicted octanol–water partition coefficient (Wildman–Crippen LogP) is 2.85. The van der Waals surface area contributed by atoms with Crippen molar-refractivity contribution in [3.05, 3.63) is 65.7 Å². The molecule has 0 aliphatic heterocycles. The second kappa shape index (κ2) is 10.1. The summed E-state index contributed by atoms with van der Waals surface area (Å²) in [5.41, 5.74) is 0.369. The Morgan fingerprint density at radius 1 is 1.12 bits per heavy atom. The van der Waals surface area contributed by atoms with Crippen molar-refractivity contribution in [3.8, 4) is 5.75 Å². The number of hydrogen-bond acceptors (Lipinski definition) is 4. The van der Waals surface area contributed by atoms with Crippen molar-refractivity contribution in [1.29, 1.82) is 0 Å². The minimum absolute atomic E-state index is 0.124. The van der Waals surface area contributed by atoms with Gasteiger partial charge in [0.15, 0.2) is 0 Å². The molecule has 1 N–H and O–H groups in total. The van der Waals surface area contributed by atoms with Gasteiger partial charge in [-0.2, -0.15) is 0 Å². The van der Waals surface area contributed by atoms with Gasteiger partial charge in [0, 0.05) is 38.4 Å². The Kier molecular flexibility index (Phi) is 7.78. The molecular weight excluding hydrogens is 328 g/mol. The molecule has 0 spiro atoms. The molecular formula is C19H23F2NO3. The largest absolute Gasteiger partial charge is 0.491 e. The number of hydrogen-bond donors (Lipinski definition) is 1. The van der Waals surface area contributed by atoms with Gasteiger partial charge in [-0.15, -0.1) is 0 Å². The molecule has 0 heterocycles. The molecule has 0 aromatic heterocycles. The van der Waals surface area contributed by atoms with Crippen LogP contribution < -0.4 is 4.74 Å². The van der Waals surface area contributed by atoms with E-state index in [-0.39, 0.29) is 19.7 Å². The highest BCUT2D eigenvalue weighted by Crippen LogP contribution is 2.13. The molecule has 0 amide bonds. The highest BCUT2D eigenvalue weighted by atomic mass is 19.1. The molecule has 0 aliphatic carbocycles. The Bertz CT molecular complexity index is 640. The lowest BCUT2D eigenvalue weighted by Crippen LogP contribution is -2.37. The predicted molar refractivity (Wildman–Crippen MR) is 91.5 cm³/mol. The second-order valence-corrected chi connectivity index (χ2v) is 5.74. The van der Waals surface area contributed by atoms with Crippen LogP contribution in [0, 0.1) is 11.6 Å². The van der Waals surface area contributed by atoms with E-state index < -0.39 is 17.7 Å². The number of ether oxygens (including phenoxy) is 2. The number of aliphatic hydroxyl groups excluding tert-OH is 1. The molecule has 25 heavy (non-hydrogen) atoms. The second-order valence-electron chi connectivity index (χ2n) is 5.74. The maximum absolute atomic E-state index is 13.9. The first-order valence-electron chi connectivity index (χ1n) is 8.09. The Labute approximate surface area is 146 Å². The third-order valence-corrected chi connectivity index (χ3v) is 3.68. The van der Waals surface area contributed by atoms with Gasteiger partial charge in [-0.25, -0.2) is 8.78 Å². The van der Waals surface area contributed by atoms with E-state index >= 15 is 0 Å². The molecule has 0 saturated carbocycles. The normalized spacial score (nSPS) is 12.4. The van der Waals surface area contributed by atoms with Gasteiger partial charge < -0.3 is 14.6 Å². The Morgan fingerprint density at radius 2 is 1.88 bits per heavy atom. The monoisotopic (exact) mass is 351 g/mol. The number of methoxy groups -OCH3 is 1. The summed E-state index contributed by atoms with van der Waals surface area (Å²) >= 11 is 0. The first-order valence-corrected chi connectivity index (χ1v) is 8.09. The zero-order valence-electron chi connectivity index (χ0n) is 14.2. The average Bonchev–Trinajstić information content (AvgIpc) is 2.61. The maximum Gasteiger partial charge on any atom is 0.130 e. The van der Waals surface area contributed by atoms with Crippen LogP contribution in [0.15, 0.2) is 48.5 Å². The fourth-order valence-electron chi connectivity index (χ4n) is 2.41. The number of benzene rings is 2. The van der Waals surface area contributed by atoms with Gasteiger partial charge in [0.2, 0.25) is 0 Å². The fraction of sp³-hybridized carbons (Fsp3) is 0.368. The SMILES string of the molecule is COCCN(Cc1ccc(F)cc1F)CC(O)COc1ccccc1. The van der Waals surface area contributed by atoms with Crippen molar-refractivity contribution in [2.24, 2.45) is 0 Å². The van der Waals surface area contributed by atoms with Crippen LogP contribution in [-0.4, -0.2) is 49.5 Å². The molecule has 2 aromatic rings. The molecule has 2 rings (SSSR count). The number of halogens is 2. The molecule has 0 bridgehead atoms. The van der Waals surface area contributed by atoms with Gasteiger partial charge in [-0.05, 0) is 18.2 Å². The Morgan fingerprint density at radius 3 is 2.56 bits per heavy atom. The van der Waals surface area contributed by atoms with Gasteiger partial charge in [0.1, 0.15) is 30.1 Å². The maximum atomic E-state index is 13.9. The molecule has 136 valence electrons. The van der Waals surface area contributed by atoms with Crippen LogP contribution in [-0.2, 0) is 11.3 Å². The van der Waals surface area contributed by atoms with Crippen molar-refractivity contribution in [1.82, 2.24) is 4.90 Å². The van der Waals surface area contributed by atoms with Crippen LogP contribution in [0.5, 0.6) is 5.75 Å². The van der Waals surface area contributed by atoms with E-state index in [9.17, 15) is 13.9 Å². The molecule has 0 aliphatic rings. The lowest BCUT2D eigenvalue weighted by Gasteiger charge is -2.25. The molecule has 1 atom stereocenters. The van der Waals surface area contributed by atoms with Gasteiger partial charge in [0.05, 0.1) is 6.61 Å². The average molecular weight is 351 g/mol. The summed E-state index contributed by atoms with van der Waals surface area (Å²) < 4.78 is 37.5. The van der Waals surface area contributed by atoms with Crippen LogP contribution in [0.1, 0.15) is 5.56 Å². The van der Waals surface area contributed by atoms with Crippen LogP contribution in [0.25, 0.3) is 0 Å². The topological polar surface area (TPSA) is 41.9 Å². The zero-order valence-corrected chi connectivity index (χ0v) is 14.2. The quantitative estimate of drug-likeness (QED) is 0.715. The molecule has 4 nitrogen and oxygen atoms in total. The van der Waals surface area contributed by atoms with Gasteiger partial charge in [-0.1, -0.05) is 24.3 Å². The number of para-hydroxylation sites is 1. The van der Waals surface area contributed by atoms with Crippen LogP contribution in [0.3, 0.4) is 0 Å². The summed E-state index contributed by atoms with van der Waals surface area (Å²) in [5.74, 6) is -0.534. The molecule has 6 heteroatoms.